The number of hydrogen-bond donors (Lipinski definition) is 0. The number of rotatable bonds is 6. The Hall–Kier alpha value is -3.94. The van der Waals surface area contributed by atoms with Crippen molar-refractivity contribution in [2.75, 3.05) is 7.11 Å². The zero-order valence-corrected chi connectivity index (χ0v) is 18.0. The minimum Gasteiger partial charge on any atom is -0.495 e. The highest BCUT2D eigenvalue weighted by Crippen LogP contribution is 2.29. The lowest BCUT2D eigenvalue weighted by molar-refractivity contribution is 0.149. The average Bonchev–Trinajstić information content (AvgIpc) is 3.44. The third-order valence-electron chi connectivity index (χ3n) is 5.36. The summed E-state index contributed by atoms with van der Waals surface area (Å²) in [5.41, 5.74) is 2.89. The van der Waals surface area contributed by atoms with Gasteiger partial charge >= 0.3 is 0 Å². The maximum Gasteiger partial charge on any atom is 0.213 e. The van der Waals surface area contributed by atoms with Crippen LogP contribution in [0.5, 0.6) is 11.6 Å². The van der Waals surface area contributed by atoms with Crippen molar-refractivity contribution >= 4 is 12.2 Å². The van der Waals surface area contributed by atoms with Crippen LogP contribution in [0.2, 0.25) is 0 Å². The van der Waals surface area contributed by atoms with E-state index in [2.05, 4.69) is 15.1 Å². The number of imidazole rings is 1. The predicted octanol–water partition coefficient (Wildman–Crippen LogP) is 4.26. The van der Waals surface area contributed by atoms with Gasteiger partial charge in [-0.05, 0) is 49.6 Å². The summed E-state index contributed by atoms with van der Waals surface area (Å²) in [4.78, 5) is 13.3. The molecule has 3 aromatic heterocycles. The van der Waals surface area contributed by atoms with Gasteiger partial charge in [0.15, 0.2) is 17.8 Å². The lowest BCUT2D eigenvalue weighted by atomic mass is 10.1. The first-order chi connectivity index (χ1) is 15.7. The van der Waals surface area contributed by atoms with Crippen molar-refractivity contribution in [1.29, 1.82) is 0 Å². The lowest BCUT2D eigenvalue weighted by Crippen LogP contribution is -2.21. The molecule has 4 aromatic rings. The average molecular weight is 428 g/mol. The molecule has 4 heterocycles. The Kier molecular flexibility index (Phi) is 5.41. The number of pyridine rings is 1. The van der Waals surface area contributed by atoms with Crippen LogP contribution >= 0.6 is 0 Å². The Labute approximate surface area is 186 Å². The number of methoxy groups -OCH3 is 1. The van der Waals surface area contributed by atoms with Gasteiger partial charge in [0, 0.05) is 25.0 Å². The summed E-state index contributed by atoms with van der Waals surface area (Å²) < 4.78 is 15.5. The molecule has 0 saturated heterocycles. The van der Waals surface area contributed by atoms with E-state index in [1.807, 2.05) is 70.9 Å². The summed E-state index contributed by atoms with van der Waals surface area (Å²) in [5.74, 6) is 2.87. The molecule has 1 aliphatic rings. The fraction of sp³-hybridized carbons (Fsp3) is 0.250. The van der Waals surface area contributed by atoms with Gasteiger partial charge in [-0.2, -0.15) is 5.10 Å². The van der Waals surface area contributed by atoms with Gasteiger partial charge in [0.1, 0.15) is 5.75 Å². The summed E-state index contributed by atoms with van der Waals surface area (Å²) in [5, 5.41) is 4.64. The Morgan fingerprint density at radius 1 is 1.12 bits per heavy atom. The van der Waals surface area contributed by atoms with E-state index in [1.165, 1.54) is 0 Å². The van der Waals surface area contributed by atoms with Crippen molar-refractivity contribution in [2.24, 2.45) is 0 Å². The van der Waals surface area contributed by atoms with Crippen molar-refractivity contribution in [3.63, 3.8) is 0 Å². The van der Waals surface area contributed by atoms with E-state index >= 15 is 0 Å². The summed E-state index contributed by atoms with van der Waals surface area (Å²) in [6, 6.07) is 11.7. The number of ether oxygens (including phenoxy) is 2. The van der Waals surface area contributed by atoms with E-state index in [-0.39, 0.29) is 6.10 Å². The predicted molar refractivity (Wildman–Crippen MR) is 121 cm³/mol. The highest BCUT2D eigenvalue weighted by atomic mass is 16.5. The van der Waals surface area contributed by atoms with E-state index in [0.29, 0.717) is 11.7 Å². The number of nitrogens with zero attached hydrogens (tertiary/aromatic N) is 6. The summed E-state index contributed by atoms with van der Waals surface area (Å²) in [7, 11) is 1.67. The first-order valence-corrected chi connectivity index (χ1v) is 10.6. The molecule has 5 rings (SSSR count). The Morgan fingerprint density at radius 3 is 2.84 bits per heavy atom. The van der Waals surface area contributed by atoms with Crippen LogP contribution in [0.3, 0.4) is 0 Å². The third kappa shape index (κ3) is 4.12. The van der Waals surface area contributed by atoms with Crippen LogP contribution in [0, 0.1) is 6.92 Å². The fourth-order valence-electron chi connectivity index (χ4n) is 3.81. The molecule has 1 aliphatic heterocycles. The molecular weight excluding hydrogens is 404 g/mol. The van der Waals surface area contributed by atoms with Gasteiger partial charge in [0.25, 0.3) is 0 Å². The molecule has 0 amide bonds. The highest BCUT2D eigenvalue weighted by molar-refractivity contribution is 5.69. The topological polar surface area (TPSA) is 79.9 Å². The quantitative estimate of drug-likeness (QED) is 0.457. The van der Waals surface area contributed by atoms with Crippen LogP contribution in [0.25, 0.3) is 17.8 Å². The van der Waals surface area contributed by atoms with E-state index < -0.39 is 0 Å². The molecule has 1 aromatic carbocycles. The lowest BCUT2D eigenvalue weighted by Gasteiger charge is -2.22. The number of aromatic nitrogens is 6. The van der Waals surface area contributed by atoms with Gasteiger partial charge < -0.3 is 14.0 Å². The van der Waals surface area contributed by atoms with Crippen molar-refractivity contribution in [1.82, 2.24) is 29.3 Å². The van der Waals surface area contributed by atoms with Gasteiger partial charge in [-0.3, -0.25) is 0 Å². The van der Waals surface area contributed by atoms with E-state index in [0.717, 1.165) is 47.9 Å². The van der Waals surface area contributed by atoms with Crippen molar-refractivity contribution in [2.45, 2.75) is 32.4 Å². The maximum absolute atomic E-state index is 6.06. The number of aryl methyl sites for hydroxylation is 2. The molecule has 1 atom stereocenters. The van der Waals surface area contributed by atoms with E-state index in [4.69, 9.17) is 14.5 Å². The van der Waals surface area contributed by atoms with E-state index in [1.54, 1.807) is 19.6 Å². The second-order valence-corrected chi connectivity index (χ2v) is 7.65. The molecule has 8 heteroatoms. The molecule has 0 bridgehead atoms. The van der Waals surface area contributed by atoms with Gasteiger partial charge in [-0.15, -0.1) is 0 Å². The summed E-state index contributed by atoms with van der Waals surface area (Å²) in [6.45, 7) is 2.80. The van der Waals surface area contributed by atoms with Crippen LogP contribution < -0.4 is 9.47 Å². The minimum atomic E-state index is -0.147. The third-order valence-corrected chi connectivity index (χ3v) is 5.36. The second kappa shape index (κ2) is 8.66. The maximum atomic E-state index is 6.06. The molecular formula is C24H24N6O2. The molecule has 0 spiro atoms. The van der Waals surface area contributed by atoms with Gasteiger partial charge in [0.2, 0.25) is 5.88 Å². The summed E-state index contributed by atoms with van der Waals surface area (Å²) in [6.07, 6.45) is 11.1. The largest absolute Gasteiger partial charge is 0.495 e. The Balaban J connectivity index is 1.36. The molecule has 0 aliphatic carbocycles. The molecule has 0 saturated carbocycles. The van der Waals surface area contributed by atoms with Crippen molar-refractivity contribution < 1.29 is 9.47 Å². The van der Waals surface area contributed by atoms with Crippen LogP contribution in [0.4, 0.5) is 0 Å². The van der Waals surface area contributed by atoms with Crippen molar-refractivity contribution in [3.8, 4) is 17.3 Å². The smallest absolute Gasteiger partial charge is 0.213 e. The fourth-order valence-corrected chi connectivity index (χ4v) is 3.81. The van der Waals surface area contributed by atoms with Crippen LogP contribution in [0.15, 0.2) is 55.1 Å². The SMILES string of the molecule is COc1cc(/C=C/c2nc3n(n2)CCCC3Oc2ccccn2)ccc1-n1cnc(C)c1. The zero-order valence-electron chi connectivity index (χ0n) is 18.0. The monoisotopic (exact) mass is 428 g/mol. The standard InChI is InChI=1S/C24H24N6O2/c1-17-15-29(16-26-17)19-10-8-18(14-21(19)31-2)9-11-22-27-24-20(6-5-13-30(24)28-22)32-23-7-3-4-12-25-23/h3-4,7-12,14-16,20H,5-6,13H2,1-2H3/b11-9+. The van der Waals surface area contributed by atoms with Crippen LogP contribution in [-0.2, 0) is 6.54 Å². The molecule has 1 unspecified atom stereocenters. The van der Waals surface area contributed by atoms with Crippen LogP contribution in [0.1, 0.15) is 41.9 Å². The first kappa shape index (κ1) is 20.0. The highest BCUT2D eigenvalue weighted by Gasteiger charge is 2.25. The number of hydrogen-bond acceptors (Lipinski definition) is 6. The number of benzene rings is 1. The van der Waals surface area contributed by atoms with Crippen molar-refractivity contribution in [3.05, 3.63) is 78.0 Å². The van der Waals surface area contributed by atoms with Gasteiger partial charge in [-0.25, -0.2) is 19.6 Å². The molecule has 0 radical (unpaired) electrons. The van der Waals surface area contributed by atoms with E-state index in [9.17, 15) is 0 Å². The normalized spacial score (nSPS) is 15.6. The molecule has 8 nitrogen and oxygen atoms in total. The molecule has 0 fully saturated rings. The van der Waals surface area contributed by atoms with Gasteiger partial charge in [0.05, 0.1) is 24.8 Å². The first-order valence-electron chi connectivity index (χ1n) is 10.6. The molecule has 0 N–H and O–H groups in total. The Bertz CT molecular complexity index is 1240. The minimum absolute atomic E-state index is 0.147. The summed E-state index contributed by atoms with van der Waals surface area (Å²) >= 11 is 0. The van der Waals surface area contributed by atoms with Crippen LogP contribution in [-0.4, -0.2) is 36.4 Å². The Morgan fingerprint density at radius 2 is 2.06 bits per heavy atom. The molecule has 32 heavy (non-hydrogen) atoms. The second-order valence-electron chi connectivity index (χ2n) is 7.65. The number of fused-ring (bicyclic) bond motifs is 1. The molecule has 162 valence electrons. The van der Waals surface area contributed by atoms with Gasteiger partial charge in [-0.1, -0.05) is 18.2 Å². The zero-order chi connectivity index (χ0) is 21.9.